The van der Waals surface area contributed by atoms with E-state index in [2.05, 4.69) is 228 Å². The molecule has 2 nitrogen and oxygen atoms in total. The smallest absolute Gasteiger partial charge is 0.0547 e. The van der Waals surface area contributed by atoms with Gasteiger partial charge >= 0.3 is 0 Å². The van der Waals surface area contributed by atoms with Crippen molar-refractivity contribution in [2.45, 2.75) is 0 Å². The van der Waals surface area contributed by atoms with Gasteiger partial charge < -0.3 is 9.80 Å². The lowest BCUT2D eigenvalue weighted by Gasteiger charge is -2.32. The van der Waals surface area contributed by atoms with E-state index in [4.69, 9.17) is 0 Å². The molecule has 2 heteroatoms. The van der Waals surface area contributed by atoms with Crippen molar-refractivity contribution in [1.82, 2.24) is 0 Å². The van der Waals surface area contributed by atoms with Crippen LogP contribution in [0, 0.1) is 0 Å². The van der Waals surface area contributed by atoms with Crippen molar-refractivity contribution in [3.05, 3.63) is 218 Å². The van der Waals surface area contributed by atoms with Gasteiger partial charge in [0.25, 0.3) is 0 Å². The lowest BCUT2D eigenvalue weighted by atomic mass is 9.94. The molecule has 0 N–H and O–H groups in total. The van der Waals surface area contributed by atoms with Gasteiger partial charge in [-0.3, -0.25) is 0 Å². The van der Waals surface area contributed by atoms with E-state index in [-0.39, 0.29) is 0 Å². The zero-order valence-corrected chi connectivity index (χ0v) is 28.7. The number of anilines is 6. The van der Waals surface area contributed by atoms with E-state index in [1.54, 1.807) is 0 Å². The van der Waals surface area contributed by atoms with Crippen LogP contribution >= 0.6 is 0 Å². The fraction of sp³-hybridized carbons (Fsp3) is 0. The number of fused-ring (bicyclic) bond motifs is 2. The minimum atomic E-state index is 1.09. The second-order valence-electron chi connectivity index (χ2n) is 13.0. The summed E-state index contributed by atoms with van der Waals surface area (Å²) >= 11 is 0. The molecule has 0 aromatic heterocycles. The maximum absolute atomic E-state index is 2.44. The molecule has 9 aromatic rings. The highest BCUT2D eigenvalue weighted by Crippen LogP contribution is 2.49. The minimum Gasteiger partial charge on any atom is -0.309 e. The number of benzene rings is 9. The van der Waals surface area contributed by atoms with Gasteiger partial charge in [0, 0.05) is 33.3 Å². The Labute approximate surface area is 305 Å². The zero-order valence-electron chi connectivity index (χ0n) is 28.7. The Kier molecular flexibility index (Phi) is 8.24. The molecule has 9 rings (SSSR count). The summed E-state index contributed by atoms with van der Waals surface area (Å²) in [4.78, 5) is 4.85. The third kappa shape index (κ3) is 5.77. The van der Waals surface area contributed by atoms with Crippen molar-refractivity contribution in [2.75, 3.05) is 9.80 Å². The predicted octanol–water partition coefficient (Wildman–Crippen LogP) is 14.3. The van der Waals surface area contributed by atoms with E-state index < -0.39 is 0 Å². The lowest BCUT2D eigenvalue weighted by molar-refractivity contribution is 1.28. The molecule has 0 heterocycles. The van der Waals surface area contributed by atoms with Crippen molar-refractivity contribution in [3.63, 3.8) is 0 Å². The third-order valence-corrected chi connectivity index (χ3v) is 9.82. The van der Waals surface area contributed by atoms with Crippen molar-refractivity contribution in [1.29, 1.82) is 0 Å². The maximum atomic E-state index is 2.44. The summed E-state index contributed by atoms with van der Waals surface area (Å²) in [6, 6.07) is 78.4. The maximum Gasteiger partial charge on any atom is 0.0547 e. The Morgan fingerprint density at radius 2 is 0.673 bits per heavy atom. The first-order valence-corrected chi connectivity index (χ1v) is 17.8. The standard InChI is InChI=1S/C50H36N2/c1-4-18-37(19-5-1)40-34-35-46(50(36-40)52(42-26-8-3-9-27-42)48-33-17-23-39-21-11-13-29-44(39)48)45-30-14-15-31-49(45)51(41-24-6-2-7-25-41)47-32-16-22-38-20-10-12-28-43(38)47/h1-36H. The largest absolute Gasteiger partial charge is 0.309 e. The number of hydrogen-bond acceptors (Lipinski definition) is 2. The molecule has 0 fully saturated rings. The average molecular weight is 665 g/mol. The van der Waals surface area contributed by atoms with Crippen LogP contribution in [0.25, 0.3) is 43.8 Å². The van der Waals surface area contributed by atoms with Crippen LogP contribution in [0.1, 0.15) is 0 Å². The Morgan fingerprint density at radius 1 is 0.250 bits per heavy atom. The summed E-state index contributed by atoms with van der Waals surface area (Å²) < 4.78 is 0. The van der Waals surface area contributed by atoms with Gasteiger partial charge in [-0.05, 0) is 70.4 Å². The molecule has 0 amide bonds. The average Bonchev–Trinajstić information content (AvgIpc) is 3.23. The van der Waals surface area contributed by atoms with Gasteiger partial charge in [-0.15, -0.1) is 0 Å². The summed E-state index contributed by atoms with van der Waals surface area (Å²) in [7, 11) is 0. The molecule has 0 aliphatic carbocycles. The van der Waals surface area contributed by atoms with Crippen LogP contribution in [-0.4, -0.2) is 0 Å². The highest BCUT2D eigenvalue weighted by molar-refractivity contribution is 6.05. The van der Waals surface area contributed by atoms with Gasteiger partial charge in [-0.25, -0.2) is 0 Å². The quantitative estimate of drug-likeness (QED) is 0.159. The van der Waals surface area contributed by atoms with Crippen LogP contribution in [0.2, 0.25) is 0 Å². The molecule has 0 aliphatic rings. The molecule has 52 heavy (non-hydrogen) atoms. The number of para-hydroxylation sites is 3. The molecule has 246 valence electrons. The van der Waals surface area contributed by atoms with E-state index in [9.17, 15) is 0 Å². The van der Waals surface area contributed by atoms with E-state index in [0.717, 1.165) is 50.8 Å². The monoisotopic (exact) mass is 664 g/mol. The minimum absolute atomic E-state index is 1.09. The summed E-state index contributed by atoms with van der Waals surface area (Å²) in [5.41, 5.74) is 11.3. The van der Waals surface area contributed by atoms with E-state index in [1.807, 2.05) is 0 Å². The van der Waals surface area contributed by atoms with Crippen molar-refractivity contribution in [2.24, 2.45) is 0 Å². The van der Waals surface area contributed by atoms with Crippen LogP contribution in [0.4, 0.5) is 34.1 Å². The van der Waals surface area contributed by atoms with Crippen LogP contribution in [0.3, 0.4) is 0 Å². The SMILES string of the molecule is c1ccc(-c2ccc(-c3ccccc3N(c3ccccc3)c3cccc4ccccc34)c(N(c3ccccc3)c3cccc4ccccc34)c2)cc1. The molecular weight excluding hydrogens is 629 g/mol. The number of rotatable bonds is 8. The molecule has 0 unspecified atom stereocenters. The normalized spacial score (nSPS) is 11.1. The van der Waals surface area contributed by atoms with Gasteiger partial charge in [0.2, 0.25) is 0 Å². The molecular formula is C50H36N2. The van der Waals surface area contributed by atoms with Gasteiger partial charge in [0.15, 0.2) is 0 Å². The highest BCUT2D eigenvalue weighted by atomic mass is 15.2. The van der Waals surface area contributed by atoms with Crippen LogP contribution < -0.4 is 9.80 Å². The first-order valence-electron chi connectivity index (χ1n) is 17.8. The topological polar surface area (TPSA) is 6.48 Å². The molecule has 0 aliphatic heterocycles. The molecule has 0 atom stereocenters. The number of nitrogens with zero attached hydrogens (tertiary/aromatic N) is 2. The van der Waals surface area contributed by atoms with E-state index in [0.29, 0.717) is 0 Å². The fourth-order valence-electron chi connectivity index (χ4n) is 7.43. The fourth-order valence-corrected chi connectivity index (χ4v) is 7.43. The molecule has 0 spiro atoms. The van der Waals surface area contributed by atoms with Gasteiger partial charge in [0.05, 0.1) is 22.7 Å². The third-order valence-electron chi connectivity index (χ3n) is 9.82. The summed E-state index contributed by atoms with van der Waals surface area (Å²) in [5.74, 6) is 0. The van der Waals surface area contributed by atoms with Crippen molar-refractivity contribution in [3.8, 4) is 22.3 Å². The molecule has 0 saturated heterocycles. The molecule has 0 radical (unpaired) electrons. The Bertz CT molecular complexity index is 2620. The van der Waals surface area contributed by atoms with Crippen LogP contribution in [0.5, 0.6) is 0 Å². The van der Waals surface area contributed by atoms with Gasteiger partial charge in [-0.1, -0.05) is 170 Å². The lowest BCUT2D eigenvalue weighted by Crippen LogP contribution is -2.14. The first-order chi connectivity index (χ1) is 25.8. The summed E-state index contributed by atoms with van der Waals surface area (Å²) in [6.45, 7) is 0. The Morgan fingerprint density at radius 3 is 1.27 bits per heavy atom. The summed E-state index contributed by atoms with van der Waals surface area (Å²) in [5, 5.41) is 4.80. The first kappa shape index (κ1) is 31.1. The zero-order chi connectivity index (χ0) is 34.7. The Balaban J connectivity index is 1.35. The summed E-state index contributed by atoms with van der Waals surface area (Å²) in [6.07, 6.45) is 0. The number of hydrogen-bond donors (Lipinski definition) is 0. The van der Waals surface area contributed by atoms with Crippen molar-refractivity contribution < 1.29 is 0 Å². The second kappa shape index (κ2) is 13.8. The van der Waals surface area contributed by atoms with Crippen LogP contribution in [0.15, 0.2) is 218 Å². The van der Waals surface area contributed by atoms with Gasteiger partial charge in [-0.2, -0.15) is 0 Å². The Hall–Kier alpha value is -6.90. The van der Waals surface area contributed by atoms with E-state index >= 15 is 0 Å². The predicted molar refractivity (Wildman–Crippen MR) is 222 cm³/mol. The highest BCUT2D eigenvalue weighted by Gasteiger charge is 2.24. The molecule has 9 aromatic carbocycles. The van der Waals surface area contributed by atoms with Crippen LogP contribution in [-0.2, 0) is 0 Å². The molecule has 0 saturated carbocycles. The van der Waals surface area contributed by atoms with Crippen molar-refractivity contribution >= 4 is 55.7 Å². The van der Waals surface area contributed by atoms with Gasteiger partial charge in [0.1, 0.15) is 0 Å². The second-order valence-corrected chi connectivity index (χ2v) is 13.0. The van der Waals surface area contributed by atoms with E-state index in [1.165, 1.54) is 27.1 Å². The molecule has 0 bridgehead atoms.